The first-order valence-electron chi connectivity index (χ1n) is 12.5. The summed E-state index contributed by atoms with van der Waals surface area (Å²) in [5.74, 6) is 0.495. The number of ether oxygens (including phenoxy) is 2. The second-order valence-corrected chi connectivity index (χ2v) is 10.6. The smallest absolute Gasteiger partial charge is 0.261 e. The van der Waals surface area contributed by atoms with Crippen molar-refractivity contribution in [2.75, 3.05) is 20.3 Å². The Labute approximate surface area is 229 Å². The number of methoxy groups -OCH3 is 1. The molecule has 0 spiro atoms. The maximum Gasteiger partial charge on any atom is 0.261 e. The molecule has 1 aliphatic heterocycles. The lowest BCUT2D eigenvalue weighted by atomic mass is 9.82. The molecular formula is C30H33N3O4S. The number of amides is 2. The van der Waals surface area contributed by atoms with Crippen molar-refractivity contribution in [1.29, 1.82) is 0 Å². The van der Waals surface area contributed by atoms with E-state index in [-0.39, 0.29) is 36.4 Å². The van der Waals surface area contributed by atoms with E-state index in [1.165, 1.54) is 10.5 Å². The van der Waals surface area contributed by atoms with Gasteiger partial charge in [0.2, 0.25) is 0 Å². The van der Waals surface area contributed by atoms with Crippen molar-refractivity contribution in [1.82, 2.24) is 15.5 Å². The number of carbonyl (C=O) groups excluding carboxylic acids is 2. The molecule has 3 aromatic carbocycles. The Bertz CT molecular complexity index is 1290. The van der Waals surface area contributed by atoms with Crippen LogP contribution in [0.3, 0.4) is 0 Å². The van der Waals surface area contributed by atoms with Crippen LogP contribution >= 0.6 is 12.2 Å². The Hall–Kier alpha value is -3.91. The minimum Gasteiger partial charge on any atom is -0.493 e. The number of hydrogen-bond acceptors (Lipinski definition) is 5. The normalized spacial score (nSPS) is 13.6. The van der Waals surface area contributed by atoms with Crippen LogP contribution < -0.4 is 20.1 Å². The fraction of sp³-hybridized carbons (Fsp3) is 0.300. The van der Waals surface area contributed by atoms with Crippen molar-refractivity contribution >= 4 is 29.1 Å². The second kappa shape index (κ2) is 11.6. The van der Waals surface area contributed by atoms with E-state index >= 15 is 0 Å². The van der Waals surface area contributed by atoms with E-state index in [0.29, 0.717) is 34.3 Å². The van der Waals surface area contributed by atoms with Crippen molar-refractivity contribution in [3.05, 3.63) is 95.1 Å². The van der Waals surface area contributed by atoms with Crippen LogP contribution in [0.1, 0.15) is 58.7 Å². The summed E-state index contributed by atoms with van der Waals surface area (Å²) in [4.78, 5) is 26.3. The Morgan fingerprint density at radius 3 is 2.16 bits per heavy atom. The van der Waals surface area contributed by atoms with Crippen LogP contribution in [0.25, 0.3) is 0 Å². The Kier molecular flexibility index (Phi) is 8.32. The number of thiocarbonyl (C=S) groups is 1. The maximum atomic E-state index is 12.5. The number of hydrogen-bond donors (Lipinski definition) is 2. The zero-order valence-electron chi connectivity index (χ0n) is 22.1. The lowest BCUT2D eigenvalue weighted by Gasteiger charge is -2.33. The predicted octanol–water partition coefficient (Wildman–Crippen LogP) is 5.12. The number of nitrogens with one attached hydrogen (secondary N) is 2. The molecule has 0 bridgehead atoms. The van der Waals surface area contributed by atoms with Crippen molar-refractivity contribution in [3.63, 3.8) is 0 Å². The number of nitrogens with zero attached hydrogens (tertiary/aromatic N) is 1. The molecule has 0 aliphatic carbocycles. The van der Waals surface area contributed by atoms with Crippen LogP contribution in [-0.2, 0) is 6.54 Å². The summed E-state index contributed by atoms with van der Waals surface area (Å²) in [6, 6.07) is 22.8. The largest absolute Gasteiger partial charge is 0.493 e. The molecule has 0 radical (unpaired) electrons. The topological polar surface area (TPSA) is 79.9 Å². The SMILES string of the molecule is COc1cc(CNC(=S)NC(c2ccccc2)C(C)(C)C)ccc1OCCN1C(=O)c2ccccc2C1=O. The quantitative estimate of drug-likeness (QED) is 0.293. The van der Waals surface area contributed by atoms with Crippen LogP contribution in [0.4, 0.5) is 0 Å². The Morgan fingerprint density at radius 2 is 1.55 bits per heavy atom. The molecule has 1 atom stereocenters. The molecule has 0 saturated carbocycles. The monoisotopic (exact) mass is 531 g/mol. The highest BCUT2D eigenvalue weighted by molar-refractivity contribution is 7.80. The third-order valence-corrected chi connectivity index (χ3v) is 6.67. The van der Waals surface area contributed by atoms with Gasteiger partial charge in [-0.3, -0.25) is 14.5 Å². The van der Waals surface area contributed by atoms with Gasteiger partial charge in [0, 0.05) is 6.54 Å². The standard InChI is InChI=1S/C30H33N3O4S/c1-30(2,3)26(21-10-6-5-7-11-21)32-29(38)31-19-20-14-15-24(25(18-20)36-4)37-17-16-33-27(34)22-12-8-9-13-23(22)28(33)35/h5-15,18,26H,16-17,19H2,1-4H3,(H2,31,32,38). The number of fused-ring (bicyclic) bond motifs is 1. The van der Waals surface area contributed by atoms with Gasteiger partial charge in [-0.25, -0.2) is 0 Å². The van der Waals surface area contributed by atoms with Crippen molar-refractivity contribution in [2.45, 2.75) is 33.4 Å². The highest BCUT2D eigenvalue weighted by Crippen LogP contribution is 2.33. The summed E-state index contributed by atoms with van der Waals surface area (Å²) in [6.45, 7) is 7.34. The van der Waals surface area contributed by atoms with Crippen LogP contribution in [0.2, 0.25) is 0 Å². The summed E-state index contributed by atoms with van der Waals surface area (Å²) >= 11 is 5.60. The molecule has 2 N–H and O–H groups in total. The Morgan fingerprint density at radius 1 is 0.921 bits per heavy atom. The van der Waals surface area contributed by atoms with E-state index in [1.807, 2.05) is 36.4 Å². The number of imide groups is 1. The molecule has 1 aliphatic rings. The van der Waals surface area contributed by atoms with Gasteiger partial charge < -0.3 is 20.1 Å². The van der Waals surface area contributed by atoms with Gasteiger partial charge in [-0.2, -0.15) is 0 Å². The highest BCUT2D eigenvalue weighted by Gasteiger charge is 2.34. The molecule has 0 fully saturated rings. The molecule has 198 valence electrons. The number of rotatable bonds is 9. The summed E-state index contributed by atoms with van der Waals surface area (Å²) in [6.07, 6.45) is 0. The third-order valence-electron chi connectivity index (χ3n) is 6.41. The molecule has 4 rings (SSSR count). The van der Waals surface area contributed by atoms with E-state index in [2.05, 4.69) is 43.5 Å². The minimum absolute atomic E-state index is 0.0393. The fourth-order valence-corrected chi connectivity index (χ4v) is 4.63. The summed E-state index contributed by atoms with van der Waals surface area (Å²) in [7, 11) is 1.57. The van der Waals surface area contributed by atoms with E-state index in [4.69, 9.17) is 21.7 Å². The van der Waals surface area contributed by atoms with Crippen molar-refractivity contribution < 1.29 is 19.1 Å². The fourth-order valence-electron chi connectivity index (χ4n) is 4.44. The van der Waals surface area contributed by atoms with Gasteiger partial charge >= 0.3 is 0 Å². The summed E-state index contributed by atoms with van der Waals surface area (Å²) < 4.78 is 11.4. The van der Waals surface area contributed by atoms with Crippen molar-refractivity contribution in [3.8, 4) is 11.5 Å². The van der Waals surface area contributed by atoms with Crippen LogP contribution in [-0.4, -0.2) is 42.1 Å². The van der Waals surface area contributed by atoms with Crippen LogP contribution in [0.5, 0.6) is 11.5 Å². The van der Waals surface area contributed by atoms with Gasteiger partial charge in [-0.15, -0.1) is 0 Å². The number of benzene rings is 3. The van der Waals surface area contributed by atoms with Gasteiger partial charge in [0.05, 0.1) is 30.8 Å². The van der Waals surface area contributed by atoms with E-state index in [1.54, 1.807) is 31.4 Å². The van der Waals surface area contributed by atoms with Crippen LogP contribution in [0, 0.1) is 5.41 Å². The average molecular weight is 532 g/mol. The zero-order chi connectivity index (χ0) is 27.3. The molecule has 2 amide bonds. The second-order valence-electron chi connectivity index (χ2n) is 10.2. The van der Waals surface area contributed by atoms with E-state index in [0.717, 1.165) is 5.56 Å². The van der Waals surface area contributed by atoms with E-state index in [9.17, 15) is 9.59 Å². The molecule has 3 aromatic rings. The molecule has 38 heavy (non-hydrogen) atoms. The highest BCUT2D eigenvalue weighted by atomic mass is 32.1. The molecule has 0 saturated heterocycles. The van der Waals surface area contributed by atoms with Crippen molar-refractivity contribution in [2.24, 2.45) is 5.41 Å². The van der Waals surface area contributed by atoms with Gasteiger partial charge in [0.15, 0.2) is 16.6 Å². The molecular weight excluding hydrogens is 498 g/mol. The lowest BCUT2D eigenvalue weighted by molar-refractivity contribution is 0.0631. The van der Waals surface area contributed by atoms with Gasteiger partial charge in [0.1, 0.15) is 6.61 Å². The lowest BCUT2D eigenvalue weighted by Crippen LogP contribution is -2.42. The number of carbonyl (C=O) groups is 2. The van der Waals surface area contributed by atoms with E-state index < -0.39 is 0 Å². The average Bonchev–Trinajstić information content (AvgIpc) is 3.15. The molecule has 1 heterocycles. The van der Waals surface area contributed by atoms with Crippen LogP contribution in [0.15, 0.2) is 72.8 Å². The zero-order valence-corrected chi connectivity index (χ0v) is 22.9. The van der Waals surface area contributed by atoms with Gasteiger partial charge in [-0.1, -0.05) is 69.3 Å². The minimum atomic E-state index is -0.298. The summed E-state index contributed by atoms with van der Waals surface area (Å²) in [5, 5.41) is 7.30. The van der Waals surface area contributed by atoms with Gasteiger partial charge in [-0.05, 0) is 53.0 Å². The first-order chi connectivity index (χ1) is 18.2. The summed E-state index contributed by atoms with van der Waals surface area (Å²) in [5.41, 5.74) is 2.95. The maximum absolute atomic E-state index is 12.5. The molecule has 7 nitrogen and oxygen atoms in total. The third kappa shape index (κ3) is 6.14. The van der Waals surface area contributed by atoms with Gasteiger partial charge in [0.25, 0.3) is 11.8 Å². The first kappa shape index (κ1) is 27.1. The Balaban J connectivity index is 1.32. The predicted molar refractivity (Wildman–Crippen MR) is 152 cm³/mol. The molecule has 0 aromatic heterocycles. The first-order valence-corrected chi connectivity index (χ1v) is 12.9. The molecule has 8 heteroatoms. The molecule has 1 unspecified atom stereocenters.